The van der Waals surface area contributed by atoms with Crippen molar-refractivity contribution in [3.8, 4) is 5.75 Å². The van der Waals surface area contributed by atoms with Gasteiger partial charge in [-0.2, -0.15) is 13.2 Å². The maximum Gasteiger partial charge on any atom is 0.573 e. The van der Waals surface area contributed by atoms with Crippen LogP contribution in [-0.4, -0.2) is 49.5 Å². The fourth-order valence-electron chi connectivity index (χ4n) is 5.15. The number of nitrogens with one attached hydrogen (secondary N) is 1. The molecule has 5 rings (SSSR count). The van der Waals surface area contributed by atoms with E-state index < -0.39 is 24.0 Å². The van der Waals surface area contributed by atoms with E-state index in [0.29, 0.717) is 38.2 Å². The molecule has 1 amide bonds. The maximum atomic E-state index is 13.5. The number of halogens is 6. The van der Waals surface area contributed by atoms with Gasteiger partial charge in [0, 0.05) is 50.3 Å². The molecule has 12 heteroatoms. The van der Waals surface area contributed by atoms with Gasteiger partial charge in [-0.05, 0) is 72.2 Å². The number of allylic oxidation sites excluding steroid dienone is 4. The zero-order valence-corrected chi connectivity index (χ0v) is 23.1. The maximum absolute atomic E-state index is 13.5. The molecule has 2 aromatic rings. The highest BCUT2D eigenvalue weighted by molar-refractivity contribution is 5.95. The van der Waals surface area contributed by atoms with Gasteiger partial charge in [-0.3, -0.25) is 4.79 Å². The predicted octanol–water partition coefficient (Wildman–Crippen LogP) is 6.56. The minimum Gasteiger partial charge on any atom is -0.406 e. The van der Waals surface area contributed by atoms with E-state index in [1.54, 1.807) is 12.1 Å². The quantitative estimate of drug-likeness (QED) is 0.287. The van der Waals surface area contributed by atoms with E-state index in [-0.39, 0.29) is 23.7 Å². The first kappa shape index (κ1) is 29.9. The molecule has 0 bridgehead atoms. The van der Waals surface area contributed by atoms with Gasteiger partial charge >= 0.3 is 12.5 Å². The van der Waals surface area contributed by atoms with Crippen molar-refractivity contribution in [3.63, 3.8) is 0 Å². The molecule has 0 aromatic heterocycles. The lowest BCUT2D eigenvalue weighted by Gasteiger charge is -2.37. The number of hydrogen-bond donors (Lipinski definition) is 1. The van der Waals surface area contributed by atoms with E-state index in [0.717, 1.165) is 23.0 Å². The molecule has 3 aliphatic heterocycles. The smallest absolute Gasteiger partial charge is 0.406 e. The number of carbonyl (C=O) groups is 1. The van der Waals surface area contributed by atoms with Gasteiger partial charge in [0.2, 0.25) is 0 Å². The molecule has 1 saturated heterocycles. The molecule has 0 radical (unpaired) electrons. The lowest BCUT2D eigenvalue weighted by Crippen LogP contribution is -2.46. The van der Waals surface area contributed by atoms with Crippen LogP contribution in [0.4, 0.5) is 37.7 Å². The molecule has 0 spiro atoms. The van der Waals surface area contributed by atoms with Crippen LogP contribution in [0.15, 0.2) is 101 Å². The Morgan fingerprint density at radius 3 is 2.02 bits per heavy atom. The van der Waals surface area contributed by atoms with Gasteiger partial charge in [-0.15, -0.1) is 13.2 Å². The molecular weight excluding hydrogens is 574 g/mol. The Morgan fingerprint density at radius 1 is 0.907 bits per heavy atom. The molecule has 1 fully saturated rings. The number of piperazine rings is 1. The van der Waals surface area contributed by atoms with Gasteiger partial charge in [0.1, 0.15) is 17.1 Å². The Labute approximate surface area is 244 Å². The highest BCUT2D eigenvalue weighted by Crippen LogP contribution is 2.38. The molecule has 43 heavy (non-hydrogen) atoms. The number of benzene rings is 2. The standard InChI is InChI=1S/C31H28F6N4O2/c1-2-22-7-14-27-26(30(32,33)34)4-3-15-41(27)28(22)29(42)38-20-21-5-8-23(9-6-21)39-16-18-40(19-17-39)24-10-12-25(13-11-24)43-31(35,36)37/h3-13,15H,2,16-20H2,1H3,(H,38,42). The summed E-state index contributed by atoms with van der Waals surface area (Å²) in [6, 6.07) is 13.5. The number of alkyl halides is 6. The van der Waals surface area contributed by atoms with Crippen LogP contribution in [0, 0.1) is 0 Å². The summed E-state index contributed by atoms with van der Waals surface area (Å²) in [5.41, 5.74) is 4.94. The predicted molar refractivity (Wildman–Crippen MR) is 150 cm³/mol. The van der Waals surface area contributed by atoms with Crippen molar-refractivity contribution in [2.24, 2.45) is 0 Å². The molecule has 6 nitrogen and oxygen atoms in total. The largest absolute Gasteiger partial charge is 0.573 e. The lowest BCUT2D eigenvalue weighted by atomic mass is 10.00. The van der Waals surface area contributed by atoms with E-state index in [9.17, 15) is 31.1 Å². The molecule has 0 unspecified atom stereocenters. The van der Waals surface area contributed by atoms with Gasteiger partial charge in [0.05, 0.1) is 5.57 Å². The molecule has 226 valence electrons. The van der Waals surface area contributed by atoms with Crippen LogP contribution in [0.5, 0.6) is 5.75 Å². The zero-order valence-electron chi connectivity index (χ0n) is 23.1. The van der Waals surface area contributed by atoms with E-state index in [1.165, 1.54) is 35.4 Å². The van der Waals surface area contributed by atoms with Crippen LogP contribution >= 0.6 is 0 Å². The number of carbonyl (C=O) groups excluding carboxylic acids is 1. The fraction of sp³-hybridized carbons (Fsp3) is 0.290. The van der Waals surface area contributed by atoms with Crippen LogP contribution in [0.25, 0.3) is 0 Å². The van der Waals surface area contributed by atoms with Crippen molar-refractivity contribution >= 4 is 17.3 Å². The SMILES string of the molecule is CCC1=C(C(=O)NCc2ccc(N3CCN(c4ccc(OC(F)(F)F)cc4)CC3)cc2)N2C=CC=C(C(F)(F)F)C2=C=C1. The van der Waals surface area contributed by atoms with Crippen molar-refractivity contribution in [3.05, 3.63) is 107 Å². The molecule has 2 aromatic carbocycles. The number of nitrogens with zero attached hydrogens (tertiary/aromatic N) is 3. The summed E-state index contributed by atoms with van der Waals surface area (Å²) in [5.74, 6) is -0.750. The Hall–Kier alpha value is -4.57. The van der Waals surface area contributed by atoms with Crippen LogP contribution in [-0.2, 0) is 11.3 Å². The summed E-state index contributed by atoms with van der Waals surface area (Å²) in [5, 5.41) is 2.83. The Kier molecular flexibility index (Phi) is 8.32. The zero-order chi connectivity index (χ0) is 30.8. The summed E-state index contributed by atoms with van der Waals surface area (Å²) in [4.78, 5) is 18.7. The topological polar surface area (TPSA) is 48.1 Å². The third-order valence-corrected chi connectivity index (χ3v) is 7.29. The highest BCUT2D eigenvalue weighted by Gasteiger charge is 2.41. The molecule has 3 heterocycles. The lowest BCUT2D eigenvalue weighted by molar-refractivity contribution is -0.274. The van der Waals surface area contributed by atoms with Crippen LogP contribution in [0.2, 0.25) is 0 Å². The number of amides is 1. The second-order valence-electron chi connectivity index (χ2n) is 10.0. The third kappa shape index (κ3) is 6.91. The average Bonchev–Trinajstić information content (AvgIpc) is 2.98. The summed E-state index contributed by atoms with van der Waals surface area (Å²) in [6.07, 6.45) is -3.77. The van der Waals surface area contributed by atoms with Crippen molar-refractivity contribution in [1.82, 2.24) is 10.2 Å². The van der Waals surface area contributed by atoms with Gasteiger partial charge in [0.15, 0.2) is 0 Å². The van der Waals surface area contributed by atoms with Crippen LogP contribution in [0.1, 0.15) is 18.9 Å². The molecular formula is C31H28F6N4O2. The van der Waals surface area contributed by atoms with Gasteiger partial charge in [-0.25, -0.2) is 0 Å². The Bertz CT molecular complexity index is 1510. The minimum absolute atomic E-state index is 0.138. The summed E-state index contributed by atoms with van der Waals surface area (Å²) < 4.78 is 81.8. The van der Waals surface area contributed by atoms with Crippen LogP contribution < -0.4 is 19.9 Å². The molecule has 3 aliphatic rings. The van der Waals surface area contributed by atoms with Gasteiger partial charge < -0.3 is 24.8 Å². The summed E-state index contributed by atoms with van der Waals surface area (Å²) >= 11 is 0. The average molecular weight is 603 g/mol. The monoisotopic (exact) mass is 602 g/mol. The van der Waals surface area contributed by atoms with Crippen molar-refractivity contribution in [1.29, 1.82) is 0 Å². The van der Waals surface area contributed by atoms with Gasteiger partial charge in [0.25, 0.3) is 5.91 Å². The Morgan fingerprint density at radius 2 is 1.49 bits per heavy atom. The summed E-state index contributed by atoms with van der Waals surface area (Å²) in [6.45, 7) is 4.75. The molecule has 0 aliphatic carbocycles. The molecule has 0 atom stereocenters. The van der Waals surface area contributed by atoms with Crippen LogP contribution in [0.3, 0.4) is 0 Å². The summed E-state index contributed by atoms with van der Waals surface area (Å²) in [7, 11) is 0. The second kappa shape index (κ2) is 12.0. The van der Waals surface area contributed by atoms with Crippen molar-refractivity contribution < 1.29 is 35.9 Å². The van der Waals surface area contributed by atoms with Gasteiger partial charge in [-0.1, -0.05) is 24.8 Å². The number of rotatable bonds is 7. The number of ether oxygens (including phenoxy) is 1. The van der Waals surface area contributed by atoms with E-state index >= 15 is 0 Å². The van der Waals surface area contributed by atoms with Crippen molar-refractivity contribution in [2.45, 2.75) is 32.4 Å². The number of anilines is 2. The second-order valence-corrected chi connectivity index (χ2v) is 10.0. The van der Waals surface area contributed by atoms with Crippen molar-refractivity contribution in [2.75, 3.05) is 36.0 Å². The van der Waals surface area contributed by atoms with E-state index in [1.807, 2.05) is 31.2 Å². The minimum atomic E-state index is -4.73. The highest BCUT2D eigenvalue weighted by atomic mass is 19.4. The first-order valence-corrected chi connectivity index (χ1v) is 13.6. The molecule has 0 saturated carbocycles. The number of fused-ring (bicyclic) bond motifs is 1. The third-order valence-electron chi connectivity index (χ3n) is 7.29. The van der Waals surface area contributed by atoms with E-state index in [2.05, 4.69) is 25.6 Å². The van der Waals surface area contributed by atoms with E-state index in [4.69, 9.17) is 0 Å². The number of hydrogen-bond acceptors (Lipinski definition) is 5. The first-order chi connectivity index (χ1) is 20.4. The first-order valence-electron chi connectivity index (χ1n) is 13.6. The Balaban J connectivity index is 1.16. The fourth-order valence-corrected chi connectivity index (χ4v) is 5.15. The normalized spacial score (nSPS) is 17.0. The molecule has 1 N–H and O–H groups in total.